The Kier molecular flexibility index (Phi) is 3.10. The Hall–Kier alpha value is -0.830. The normalized spacial score (nSPS) is 15.1. The molecule has 15 heavy (non-hydrogen) atoms. The molecule has 0 amide bonds. The first-order chi connectivity index (χ1) is 7.26. The van der Waals surface area contributed by atoms with Crippen molar-refractivity contribution < 1.29 is 4.79 Å². The average molecular weight is 268 g/mol. The molecule has 0 unspecified atom stereocenters. The summed E-state index contributed by atoms with van der Waals surface area (Å²) in [6, 6.07) is 6.55. The van der Waals surface area contributed by atoms with Gasteiger partial charge in [-0.05, 0) is 38.0 Å². The van der Waals surface area contributed by atoms with Crippen LogP contribution in [0.15, 0.2) is 22.7 Å². The highest BCUT2D eigenvalue weighted by molar-refractivity contribution is 9.10. The maximum absolute atomic E-state index is 11.0. The summed E-state index contributed by atoms with van der Waals surface area (Å²) < 4.78 is 0.959. The van der Waals surface area contributed by atoms with Crippen molar-refractivity contribution in [3.8, 4) is 0 Å². The summed E-state index contributed by atoms with van der Waals surface area (Å²) in [5.74, 6) is 0. The summed E-state index contributed by atoms with van der Waals surface area (Å²) >= 11 is 3.38. The summed E-state index contributed by atoms with van der Waals surface area (Å²) in [7, 11) is 0. The first kappa shape index (κ1) is 10.7. The van der Waals surface area contributed by atoms with E-state index in [1.165, 1.54) is 12.8 Å². The molecule has 80 valence electrons. The Morgan fingerprint density at radius 3 is 2.80 bits per heavy atom. The SMILES string of the molecule is CCN(c1ccc(Br)cc1C=O)C1CC1. The number of hydrogen-bond acceptors (Lipinski definition) is 2. The number of anilines is 1. The third kappa shape index (κ3) is 2.23. The molecule has 1 aromatic rings. The summed E-state index contributed by atoms with van der Waals surface area (Å²) in [6.45, 7) is 3.10. The maximum Gasteiger partial charge on any atom is 0.152 e. The summed E-state index contributed by atoms with van der Waals surface area (Å²) in [5.41, 5.74) is 1.84. The molecule has 0 radical (unpaired) electrons. The van der Waals surface area contributed by atoms with E-state index >= 15 is 0 Å². The van der Waals surface area contributed by atoms with Crippen molar-refractivity contribution in [2.45, 2.75) is 25.8 Å². The first-order valence-corrected chi connectivity index (χ1v) is 6.07. The van der Waals surface area contributed by atoms with E-state index in [2.05, 4.69) is 27.8 Å². The van der Waals surface area contributed by atoms with Gasteiger partial charge in [-0.25, -0.2) is 0 Å². The van der Waals surface area contributed by atoms with Crippen LogP contribution in [0.5, 0.6) is 0 Å². The number of carbonyl (C=O) groups excluding carboxylic acids is 1. The lowest BCUT2D eigenvalue weighted by Gasteiger charge is -2.24. The quantitative estimate of drug-likeness (QED) is 0.781. The Morgan fingerprint density at radius 1 is 1.53 bits per heavy atom. The van der Waals surface area contributed by atoms with Crippen LogP contribution in [0, 0.1) is 0 Å². The standard InChI is InChI=1S/C12H14BrNO/c1-2-14(11-4-5-11)12-6-3-10(13)7-9(12)8-15/h3,6-8,11H,2,4-5H2,1H3. The molecule has 2 rings (SSSR count). The van der Waals surface area contributed by atoms with Crippen LogP contribution in [0.25, 0.3) is 0 Å². The molecule has 1 fully saturated rings. The van der Waals surface area contributed by atoms with Crippen molar-refractivity contribution in [3.05, 3.63) is 28.2 Å². The summed E-state index contributed by atoms with van der Waals surface area (Å²) in [5, 5.41) is 0. The van der Waals surface area contributed by atoms with Gasteiger partial charge in [-0.1, -0.05) is 15.9 Å². The number of aldehydes is 1. The monoisotopic (exact) mass is 267 g/mol. The lowest BCUT2D eigenvalue weighted by Crippen LogP contribution is -2.26. The number of benzene rings is 1. The van der Waals surface area contributed by atoms with E-state index in [9.17, 15) is 4.79 Å². The van der Waals surface area contributed by atoms with E-state index in [0.29, 0.717) is 6.04 Å². The second kappa shape index (κ2) is 4.35. The van der Waals surface area contributed by atoms with Crippen LogP contribution in [0.3, 0.4) is 0 Å². The number of halogens is 1. The van der Waals surface area contributed by atoms with Gasteiger partial charge in [0.15, 0.2) is 6.29 Å². The van der Waals surface area contributed by atoms with Gasteiger partial charge >= 0.3 is 0 Å². The van der Waals surface area contributed by atoms with Crippen molar-refractivity contribution in [2.24, 2.45) is 0 Å². The van der Waals surface area contributed by atoms with E-state index in [-0.39, 0.29) is 0 Å². The lowest BCUT2D eigenvalue weighted by molar-refractivity contribution is 0.112. The molecular formula is C12H14BrNO. The third-order valence-corrected chi connectivity index (χ3v) is 3.25. The summed E-state index contributed by atoms with van der Waals surface area (Å²) in [4.78, 5) is 13.3. The van der Waals surface area contributed by atoms with Crippen LogP contribution in [0.1, 0.15) is 30.1 Å². The topological polar surface area (TPSA) is 20.3 Å². The van der Waals surface area contributed by atoms with Crippen molar-refractivity contribution in [1.82, 2.24) is 0 Å². The van der Waals surface area contributed by atoms with Crippen LogP contribution in [0.4, 0.5) is 5.69 Å². The van der Waals surface area contributed by atoms with Gasteiger partial charge in [0.1, 0.15) is 0 Å². The molecule has 0 aromatic heterocycles. The second-order valence-corrected chi connectivity index (χ2v) is 4.75. The molecule has 1 aliphatic carbocycles. The number of hydrogen-bond donors (Lipinski definition) is 0. The van der Waals surface area contributed by atoms with E-state index < -0.39 is 0 Å². The molecule has 0 spiro atoms. The fourth-order valence-electron chi connectivity index (χ4n) is 1.89. The minimum Gasteiger partial charge on any atom is -0.368 e. The highest BCUT2D eigenvalue weighted by Crippen LogP contribution is 2.33. The third-order valence-electron chi connectivity index (χ3n) is 2.75. The molecule has 1 aliphatic rings. The van der Waals surface area contributed by atoms with Gasteiger partial charge in [-0.3, -0.25) is 4.79 Å². The van der Waals surface area contributed by atoms with Gasteiger partial charge in [0.2, 0.25) is 0 Å². The zero-order valence-corrected chi connectivity index (χ0v) is 10.3. The minimum atomic E-state index is 0.648. The zero-order chi connectivity index (χ0) is 10.8. The molecule has 0 saturated heterocycles. The first-order valence-electron chi connectivity index (χ1n) is 5.27. The van der Waals surface area contributed by atoms with Crippen LogP contribution >= 0.6 is 15.9 Å². The van der Waals surface area contributed by atoms with E-state index in [4.69, 9.17) is 0 Å². The Bertz CT molecular complexity index is 374. The molecule has 2 nitrogen and oxygen atoms in total. The zero-order valence-electron chi connectivity index (χ0n) is 8.74. The molecule has 0 atom stereocenters. The van der Waals surface area contributed by atoms with Gasteiger partial charge in [0.05, 0.1) is 0 Å². The van der Waals surface area contributed by atoms with Crippen molar-refractivity contribution >= 4 is 27.9 Å². The van der Waals surface area contributed by atoms with Gasteiger partial charge in [0.25, 0.3) is 0 Å². The fourth-order valence-corrected chi connectivity index (χ4v) is 2.27. The van der Waals surface area contributed by atoms with Gasteiger partial charge in [-0.2, -0.15) is 0 Å². The highest BCUT2D eigenvalue weighted by atomic mass is 79.9. The predicted octanol–water partition coefficient (Wildman–Crippen LogP) is 3.25. The molecule has 1 aromatic carbocycles. The molecule has 0 N–H and O–H groups in total. The molecular weight excluding hydrogens is 254 g/mol. The van der Waals surface area contributed by atoms with Crippen LogP contribution in [0.2, 0.25) is 0 Å². The largest absolute Gasteiger partial charge is 0.368 e. The molecule has 0 aliphatic heterocycles. The second-order valence-electron chi connectivity index (χ2n) is 3.84. The van der Waals surface area contributed by atoms with E-state index in [1.807, 2.05) is 18.2 Å². The predicted molar refractivity (Wildman–Crippen MR) is 65.6 cm³/mol. The smallest absolute Gasteiger partial charge is 0.152 e. The fraction of sp³-hybridized carbons (Fsp3) is 0.417. The van der Waals surface area contributed by atoms with E-state index in [0.717, 1.165) is 28.6 Å². The Morgan fingerprint density at radius 2 is 2.27 bits per heavy atom. The molecule has 3 heteroatoms. The van der Waals surface area contributed by atoms with Crippen LogP contribution < -0.4 is 4.90 Å². The lowest BCUT2D eigenvalue weighted by atomic mass is 10.1. The van der Waals surface area contributed by atoms with Crippen molar-refractivity contribution in [2.75, 3.05) is 11.4 Å². The maximum atomic E-state index is 11.0. The van der Waals surface area contributed by atoms with Crippen molar-refractivity contribution in [1.29, 1.82) is 0 Å². The number of rotatable bonds is 4. The molecule has 1 saturated carbocycles. The highest BCUT2D eigenvalue weighted by Gasteiger charge is 2.29. The molecule has 0 bridgehead atoms. The molecule has 0 heterocycles. The average Bonchev–Trinajstić information content (AvgIpc) is 3.05. The van der Waals surface area contributed by atoms with Gasteiger partial charge in [0, 0.05) is 28.3 Å². The van der Waals surface area contributed by atoms with E-state index in [1.54, 1.807) is 0 Å². The van der Waals surface area contributed by atoms with Gasteiger partial charge in [-0.15, -0.1) is 0 Å². The van der Waals surface area contributed by atoms with Gasteiger partial charge < -0.3 is 4.90 Å². The Balaban J connectivity index is 2.36. The number of nitrogens with zero attached hydrogens (tertiary/aromatic N) is 1. The number of carbonyl (C=O) groups is 1. The van der Waals surface area contributed by atoms with Crippen LogP contribution in [-0.2, 0) is 0 Å². The van der Waals surface area contributed by atoms with Crippen LogP contribution in [-0.4, -0.2) is 18.9 Å². The van der Waals surface area contributed by atoms with Crippen molar-refractivity contribution in [3.63, 3.8) is 0 Å². The minimum absolute atomic E-state index is 0.648. The summed E-state index contributed by atoms with van der Waals surface area (Å²) in [6.07, 6.45) is 3.44. The Labute approximate surface area is 98.4 Å².